The van der Waals surface area contributed by atoms with Crippen LogP contribution in [0.1, 0.15) is 37.9 Å². The number of amides is 2. The van der Waals surface area contributed by atoms with Crippen LogP contribution in [0.2, 0.25) is 0 Å². The number of carbonyl (C=O) groups excluding carboxylic acids is 2. The van der Waals surface area contributed by atoms with Crippen LogP contribution in [0.5, 0.6) is 0 Å². The Hall–Kier alpha value is -1.84. The van der Waals surface area contributed by atoms with Crippen molar-refractivity contribution in [3.05, 3.63) is 29.3 Å². The molecular weight excluding hydrogens is 228 g/mol. The van der Waals surface area contributed by atoms with Gasteiger partial charge < -0.3 is 10.2 Å². The van der Waals surface area contributed by atoms with E-state index in [1.165, 1.54) is 6.92 Å². The predicted molar refractivity (Wildman–Crippen MR) is 70.4 cm³/mol. The maximum Gasteiger partial charge on any atom is 0.254 e. The molecule has 2 amide bonds. The number of anilines is 1. The van der Waals surface area contributed by atoms with E-state index >= 15 is 0 Å². The van der Waals surface area contributed by atoms with E-state index in [1.54, 1.807) is 4.90 Å². The lowest BCUT2D eigenvalue weighted by atomic mass is 10.1. The number of carbonyl (C=O) groups is 2. The first kappa shape index (κ1) is 12.6. The van der Waals surface area contributed by atoms with Gasteiger partial charge in [-0.15, -0.1) is 0 Å². The van der Waals surface area contributed by atoms with Gasteiger partial charge in [0, 0.05) is 24.2 Å². The fourth-order valence-corrected chi connectivity index (χ4v) is 2.39. The highest BCUT2D eigenvalue weighted by Crippen LogP contribution is 2.37. The molecule has 96 valence electrons. The van der Waals surface area contributed by atoms with Crippen LogP contribution in [0, 0.1) is 6.92 Å². The number of benzene rings is 1. The van der Waals surface area contributed by atoms with Crippen molar-refractivity contribution in [2.75, 3.05) is 4.90 Å². The van der Waals surface area contributed by atoms with Gasteiger partial charge in [0.05, 0.1) is 0 Å². The Labute approximate surface area is 107 Å². The summed E-state index contributed by atoms with van der Waals surface area (Å²) in [5.74, 6) is -0.243. The van der Waals surface area contributed by atoms with Crippen molar-refractivity contribution >= 4 is 17.5 Å². The number of rotatable bonds is 2. The van der Waals surface area contributed by atoms with E-state index in [-0.39, 0.29) is 17.9 Å². The van der Waals surface area contributed by atoms with Crippen LogP contribution < -0.4 is 10.2 Å². The van der Waals surface area contributed by atoms with Gasteiger partial charge in [0.1, 0.15) is 6.04 Å². The summed E-state index contributed by atoms with van der Waals surface area (Å²) >= 11 is 0. The van der Waals surface area contributed by atoms with E-state index in [9.17, 15) is 9.59 Å². The second-order valence-corrected chi connectivity index (χ2v) is 5.00. The Bertz CT molecular complexity index is 509. The summed E-state index contributed by atoms with van der Waals surface area (Å²) in [5, 5.41) is 2.73. The first-order valence-corrected chi connectivity index (χ1v) is 6.12. The summed E-state index contributed by atoms with van der Waals surface area (Å²) in [4.78, 5) is 25.3. The zero-order valence-electron chi connectivity index (χ0n) is 11.2. The molecule has 1 heterocycles. The monoisotopic (exact) mass is 246 g/mol. The Balaban J connectivity index is 2.50. The minimum Gasteiger partial charge on any atom is -0.341 e. The highest BCUT2D eigenvalue weighted by atomic mass is 16.2. The van der Waals surface area contributed by atoms with Crippen molar-refractivity contribution in [3.63, 3.8) is 0 Å². The fraction of sp³-hybridized carbons (Fsp3) is 0.429. The van der Waals surface area contributed by atoms with Gasteiger partial charge in [-0.1, -0.05) is 17.7 Å². The van der Waals surface area contributed by atoms with Crippen LogP contribution in [0.15, 0.2) is 18.2 Å². The Kier molecular flexibility index (Phi) is 3.11. The Morgan fingerprint density at radius 2 is 2.06 bits per heavy atom. The molecule has 1 atom stereocenters. The number of nitrogens with one attached hydrogen (secondary N) is 1. The average Bonchev–Trinajstić information content (AvgIpc) is 2.52. The molecule has 0 saturated heterocycles. The molecule has 1 aromatic carbocycles. The lowest BCUT2D eigenvalue weighted by Crippen LogP contribution is -2.39. The van der Waals surface area contributed by atoms with Crippen LogP contribution in [0.4, 0.5) is 5.69 Å². The molecular formula is C14H18N2O2. The van der Waals surface area contributed by atoms with Gasteiger partial charge in [-0.25, -0.2) is 0 Å². The van der Waals surface area contributed by atoms with Crippen LogP contribution in [0.25, 0.3) is 0 Å². The van der Waals surface area contributed by atoms with Crippen LogP contribution in [-0.2, 0) is 9.59 Å². The number of nitrogens with zero attached hydrogens (tertiary/aromatic N) is 1. The molecule has 0 fully saturated rings. The van der Waals surface area contributed by atoms with Gasteiger partial charge in [0.15, 0.2) is 0 Å². The zero-order chi connectivity index (χ0) is 13.4. The van der Waals surface area contributed by atoms with Crippen molar-refractivity contribution in [1.29, 1.82) is 0 Å². The lowest BCUT2D eigenvalue weighted by Gasteiger charge is -2.22. The third-order valence-corrected chi connectivity index (χ3v) is 3.10. The highest BCUT2D eigenvalue weighted by Gasteiger charge is 2.38. The predicted octanol–water partition coefficient (Wildman–Crippen LogP) is 1.93. The summed E-state index contributed by atoms with van der Waals surface area (Å²) in [6, 6.07) is 5.44. The average molecular weight is 246 g/mol. The second kappa shape index (κ2) is 4.44. The molecule has 0 aromatic heterocycles. The molecule has 1 N–H and O–H groups in total. The molecule has 4 nitrogen and oxygen atoms in total. The Morgan fingerprint density at radius 3 is 2.61 bits per heavy atom. The molecule has 1 aliphatic rings. The van der Waals surface area contributed by atoms with Gasteiger partial charge in [0.25, 0.3) is 5.91 Å². The molecule has 0 unspecified atom stereocenters. The molecule has 0 radical (unpaired) electrons. The Morgan fingerprint density at radius 1 is 1.39 bits per heavy atom. The van der Waals surface area contributed by atoms with E-state index in [1.807, 2.05) is 39.0 Å². The largest absolute Gasteiger partial charge is 0.341 e. The lowest BCUT2D eigenvalue weighted by molar-refractivity contribution is -0.126. The molecule has 1 aromatic rings. The minimum absolute atomic E-state index is 0.0548. The van der Waals surface area contributed by atoms with E-state index in [0.29, 0.717) is 0 Å². The van der Waals surface area contributed by atoms with Crippen molar-refractivity contribution < 1.29 is 9.59 Å². The molecule has 2 rings (SSSR count). The maximum absolute atomic E-state index is 12.4. The highest BCUT2D eigenvalue weighted by molar-refractivity contribution is 6.06. The first-order valence-electron chi connectivity index (χ1n) is 6.12. The van der Waals surface area contributed by atoms with E-state index in [4.69, 9.17) is 0 Å². The minimum atomic E-state index is -0.542. The van der Waals surface area contributed by atoms with Gasteiger partial charge >= 0.3 is 0 Å². The van der Waals surface area contributed by atoms with Crippen molar-refractivity contribution in [2.45, 2.75) is 39.8 Å². The molecule has 0 saturated carbocycles. The standard InChI is InChI=1S/C14H18N2O2/c1-8(2)16-12-6-5-9(3)7-11(12)13(14(16)18)15-10(4)17/h5-8,13H,1-4H3,(H,15,17)/t13-/m1/s1. The third kappa shape index (κ3) is 1.98. The zero-order valence-corrected chi connectivity index (χ0v) is 11.2. The van der Waals surface area contributed by atoms with Crippen molar-refractivity contribution in [1.82, 2.24) is 5.32 Å². The smallest absolute Gasteiger partial charge is 0.254 e. The molecule has 18 heavy (non-hydrogen) atoms. The second-order valence-electron chi connectivity index (χ2n) is 5.00. The maximum atomic E-state index is 12.4. The van der Waals surface area contributed by atoms with Gasteiger partial charge in [0.2, 0.25) is 5.91 Å². The van der Waals surface area contributed by atoms with Crippen molar-refractivity contribution in [2.24, 2.45) is 0 Å². The van der Waals surface area contributed by atoms with Crippen LogP contribution in [0.3, 0.4) is 0 Å². The number of hydrogen-bond donors (Lipinski definition) is 1. The van der Waals surface area contributed by atoms with Gasteiger partial charge in [-0.05, 0) is 26.8 Å². The molecule has 0 bridgehead atoms. The summed E-state index contributed by atoms with van der Waals surface area (Å²) in [7, 11) is 0. The van der Waals surface area contributed by atoms with E-state index in [2.05, 4.69) is 5.32 Å². The normalized spacial score (nSPS) is 18.2. The summed E-state index contributed by atoms with van der Waals surface area (Å²) in [6.45, 7) is 7.35. The third-order valence-electron chi connectivity index (χ3n) is 3.10. The fourth-order valence-electron chi connectivity index (χ4n) is 2.39. The van der Waals surface area contributed by atoms with E-state index in [0.717, 1.165) is 16.8 Å². The first-order chi connectivity index (χ1) is 8.41. The number of aryl methyl sites for hydroxylation is 1. The molecule has 0 aliphatic carbocycles. The molecule has 0 spiro atoms. The summed E-state index contributed by atoms with van der Waals surface area (Å²) in [6.07, 6.45) is 0. The quantitative estimate of drug-likeness (QED) is 0.866. The molecule has 4 heteroatoms. The van der Waals surface area contributed by atoms with Crippen LogP contribution >= 0.6 is 0 Å². The van der Waals surface area contributed by atoms with Crippen LogP contribution in [-0.4, -0.2) is 17.9 Å². The van der Waals surface area contributed by atoms with Gasteiger partial charge in [-0.3, -0.25) is 9.59 Å². The summed E-state index contributed by atoms with van der Waals surface area (Å²) in [5.41, 5.74) is 2.88. The number of hydrogen-bond acceptors (Lipinski definition) is 2. The number of fused-ring (bicyclic) bond motifs is 1. The topological polar surface area (TPSA) is 49.4 Å². The van der Waals surface area contributed by atoms with Gasteiger partial charge in [-0.2, -0.15) is 0 Å². The van der Waals surface area contributed by atoms with E-state index < -0.39 is 6.04 Å². The summed E-state index contributed by atoms with van der Waals surface area (Å²) < 4.78 is 0. The molecule has 1 aliphatic heterocycles. The van der Waals surface area contributed by atoms with Crippen molar-refractivity contribution in [3.8, 4) is 0 Å². The SMILES string of the molecule is CC(=O)N[C@H]1C(=O)N(C(C)C)c2ccc(C)cc21.